The lowest BCUT2D eigenvalue weighted by Gasteiger charge is -2.33. The molecule has 5 nitrogen and oxygen atoms in total. The van der Waals surface area contributed by atoms with E-state index in [-0.39, 0.29) is 11.8 Å². The zero-order chi connectivity index (χ0) is 21.9. The third-order valence-electron chi connectivity index (χ3n) is 6.15. The molecule has 1 amide bonds. The zero-order valence-corrected chi connectivity index (χ0v) is 18.9. The van der Waals surface area contributed by atoms with Gasteiger partial charge >= 0.3 is 0 Å². The van der Waals surface area contributed by atoms with Crippen molar-refractivity contribution in [3.63, 3.8) is 0 Å². The van der Waals surface area contributed by atoms with Gasteiger partial charge in [0.1, 0.15) is 0 Å². The van der Waals surface area contributed by atoms with Crippen LogP contribution in [0.15, 0.2) is 72.1 Å². The Morgan fingerprint density at radius 2 is 1.84 bits per heavy atom. The molecule has 0 aliphatic carbocycles. The average Bonchev–Trinajstić information content (AvgIpc) is 3.22. The molecule has 5 rings (SSSR count). The number of aromatic amines is 1. The number of pyridine rings is 2. The van der Waals surface area contributed by atoms with Crippen LogP contribution in [0.25, 0.3) is 22.0 Å². The smallest absolute Gasteiger partial charge is 0.232 e. The van der Waals surface area contributed by atoms with Crippen LogP contribution in [-0.4, -0.2) is 44.6 Å². The van der Waals surface area contributed by atoms with Crippen molar-refractivity contribution in [1.82, 2.24) is 19.9 Å². The molecule has 162 valence electrons. The van der Waals surface area contributed by atoms with E-state index in [2.05, 4.69) is 52.2 Å². The van der Waals surface area contributed by atoms with Gasteiger partial charge in [-0.1, -0.05) is 11.6 Å². The molecule has 1 aliphatic heterocycles. The lowest BCUT2D eigenvalue weighted by molar-refractivity contribution is -0.129. The van der Waals surface area contributed by atoms with Crippen molar-refractivity contribution in [3.8, 4) is 11.1 Å². The Morgan fingerprint density at radius 1 is 1.09 bits per heavy atom. The highest BCUT2D eigenvalue weighted by Crippen LogP contribution is 2.39. The number of thioether (sulfide) groups is 1. The summed E-state index contributed by atoms with van der Waals surface area (Å²) in [4.78, 5) is 28.1. The lowest BCUT2D eigenvalue weighted by Crippen LogP contribution is -2.40. The number of benzene rings is 1. The first kappa shape index (κ1) is 20.8. The molecule has 1 saturated heterocycles. The highest BCUT2D eigenvalue weighted by atomic mass is 32.2. The second-order valence-electron chi connectivity index (χ2n) is 8.35. The third kappa shape index (κ3) is 4.28. The van der Waals surface area contributed by atoms with Crippen LogP contribution >= 0.6 is 11.8 Å². The van der Waals surface area contributed by atoms with E-state index >= 15 is 0 Å². The number of likely N-dealkylation sites (tertiary alicyclic amines) is 1. The van der Waals surface area contributed by atoms with Crippen molar-refractivity contribution in [2.75, 3.05) is 18.8 Å². The Labute approximate surface area is 192 Å². The van der Waals surface area contributed by atoms with E-state index in [4.69, 9.17) is 0 Å². The first-order valence-electron chi connectivity index (χ1n) is 11.0. The number of H-pyrrole nitrogens is 1. The number of rotatable bonds is 5. The number of nitrogens with one attached hydrogen (secondary N) is 1. The largest absolute Gasteiger partial charge is 0.358 e. The normalized spacial score (nSPS) is 16.4. The van der Waals surface area contributed by atoms with Crippen LogP contribution in [0.2, 0.25) is 0 Å². The molecule has 3 aromatic heterocycles. The molecule has 1 fully saturated rings. The predicted octanol–water partition coefficient (Wildman–Crippen LogP) is 5.43. The van der Waals surface area contributed by atoms with E-state index in [1.165, 1.54) is 27.8 Å². The molecular weight excluding hydrogens is 416 g/mol. The average molecular weight is 443 g/mol. The van der Waals surface area contributed by atoms with Crippen LogP contribution in [0, 0.1) is 6.92 Å². The molecule has 1 N–H and O–H groups in total. The van der Waals surface area contributed by atoms with Gasteiger partial charge in [0.05, 0.1) is 5.75 Å². The Hall–Kier alpha value is -3.12. The highest BCUT2D eigenvalue weighted by molar-refractivity contribution is 8.00. The van der Waals surface area contributed by atoms with Crippen LogP contribution in [0.3, 0.4) is 0 Å². The third-order valence-corrected chi connectivity index (χ3v) is 7.14. The molecule has 1 atom stereocenters. The Morgan fingerprint density at radius 3 is 2.62 bits per heavy atom. The molecule has 32 heavy (non-hydrogen) atoms. The van der Waals surface area contributed by atoms with E-state index in [1.54, 1.807) is 24.2 Å². The van der Waals surface area contributed by atoms with Gasteiger partial charge in [-0.2, -0.15) is 0 Å². The number of hydrogen-bond donors (Lipinski definition) is 1. The maximum absolute atomic E-state index is 13.0. The second-order valence-corrected chi connectivity index (χ2v) is 9.40. The SMILES string of the molecule is Cc1ccc2[nH]c([C@H]3CCCN(C(=O)CSc4ccncc4)C3)c(-c3ccncc3)c2c1. The monoisotopic (exact) mass is 442 g/mol. The number of amides is 1. The summed E-state index contributed by atoms with van der Waals surface area (Å²) in [5.74, 6) is 0.947. The maximum atomic E-state index is 13.0. The first-order valence-corrected chi connectivity index (χ1v) is 12.0. The summed E-state index contributed by atoms with van der Waals surface area (Å²) < 4.78 is 0. The quantitative estimate of drug-likeness (QED) is 0.419. The molecule has 4 heterocycles. The summed E-state index contributed by atoms with van der Waals surface area (Å²) in [6.07, 6.45) is 9.32. The van der Waals surface area contributed by atoms with Gasteiger partial charge in [-0.25, -0.2) is 0 Å². The molecular formula is C26H26N4OS. The van der Waals surface area contributed by atoms with Crippen molar-refractivity contribution in [3.05, 3.63) is 78.5 Å². The minimum absolute atomic E-state index is 0.203. The molecule has 6 heteroatoms. The topological polar surface area (TPSA) is 61.9 Å². The summed E-state index contributed by atoms with van der Waals surface area (Å²) in [7, 11) is 0. The zero-order valence-electron chi connectivity index (χ0n) is 18.1. The van der Waals surface area contributed by atoms with Gasteiger partial charge in [0.2, 0.25) is 5.91 Å². The van der Waals surface area contributed by atoms with E-state index in [0.29, 0.717) is 5.75 Å². The second kappa shape index (κ2) is 9.17. The standard InChI is InChI=1S/C26H26N4OS/c1-18-4-5-23-22(15-18)25(19-6-10-27-11-7-19)26(29-23)20-3-2-14-30(16-20)24(31)17-32-21-8-12-28-13-9-21/h4-13,15,20,29H,2-3,14,16-17H2,1H3/t20-/m0/s1. The van der Waals surface area contributed by atoms with Gasteiger partial charge in [0.15, 0.2) is 0 Å². The lowest BCUT2D eigenvalue weighted by atomic mass is 9.89. The van der Waals surface area contributed by atoms with E-state index < -0.39 is 0 Å². The number of fused-ring (bicyclic) bond motifs is 1. The van der Waals surface area contributed by atoms with Crippen LogP contribution < -0.4 is 0 Å². The number of nitrogens with zero attached hydrogens (tertiary/aromatic N) is 3. The molecule has 0 saturated carbocycles. The van der Waals surface area contributed by atoms with Gasteiger partial charge in [0.25, 0.3) is 0 Å². The van der Waals surface area contributed by atoms with Crippen molar-refractivity contribution in [2.24, 2.45) is 0 Å². The number of piperidine rings is 1. The fraction of sp³-hybridized carbons (Fsp3) is 0.269. The maximum Gasteiger partial charge on any atom is 0.232 e. The Bertz CT molecular complexity index is 1220. The van der Waals surface area contributed by atoms with E-state index in [9.17, 15) is 4.79 Å². The summed E-state index contributed by atoms with van der Waals surface area (Å²) in [6.45, 7) is 3.71. The van der Waals surface area contributed by atoms with E-state index in [1.807, 2.05) is 29.4 Å². The summed E-state index contributed by atoms with van der Waals surface area (Å²) in [5.41, 5.74) is 6.04. The van der Waals surface area contributed by atoms with Crippen molar-refractivity contribution >= 4 is 28.6 Å². The molecule has 1 aliphatic rings. The van der Waals surface area contributed by atoms with Gasteiger partial charge < -0.3 is 9.88 Å². The minimum atomic E-state index is 0.203. The van der Waals surface area contributed by atoms with Gasteiger partial charge in [-0.15, -0.1) is 11.8 Å². The fourth-order valence-corrected chi connectivity index (χ4v) is 5.36. The first-order chi connectivity index (χ1) is 15.7. The van der Waals surface area contributed by atoms with E-state index in [0.717, 1.165) is 36.3 Å². The summed E-state index contributed by atoms with van der Waals surface area (Å²) >= 11 is 1.58. The number of carbonyl (C=O) groups excluding carboxylic acids is 1. The number of carbonyl (C=O) groups is 1. The molecule has 0 bridgehead atoms. The minimum Gasteiger partial charge on any atom is -0.358 e. The molecule has 0 unspecified atom stereocenters. The van der Waals surface area contributed by atoms with Crippen LogP contribution in [0.4, 0.5) is 0 Å². The van der Waals surface area contributed by atoms with Crippen molar-refractivity contribution in [2.45, 2.75) is 30.6 Å². The molecule has 4 aromatic rings. The van der Waals surface area contributed by atoms with Crippen LogP contribution in [0.1, 0.15) is 30.0 Å². The molecule has 0 radical (unpaired) electrons. The predicted molar refractivity (Wildman–Crippen MR) is 130 cm³/mol. The van der Waals surface area contributed by atoms with Gasteiger partial charge in [-0.05, 0) is 61.7 Å². The fourth-order valence-electron chi connectivity index (χ4n) is 4.57. The highest BCUT2D eigenvalue weighted by Gasteiger charge is 2.28. The molecule has 1 aromatic carbocycles. The van der Waals surface area contributed by atoms with Crippen LogP contribution in [-0.2, 0) is 4.79 Å². The summed E-state index contributed by atoms with van der Waals surface area (Å²) in [5, 5.41) is 1.24. The van der Waals surface area contributed by atoms with Gasteiger partial charge in [0, 0.05) is 70.9 Å². The summed E-state index contributed by atoms with van der Waals surface area (Å²) in [6, 6.07) is 14.6. The number of aryl methyl sites for hydroxylation is 1. The number of aromatic nitrogens is 3. The van der Waals surface area contributed by atoms with Crippen LogP contribution in [0.5, 0.6) is 0 Å². The Balaban J connectivity index is 1.42. The van der Waals surface area contributed by atoms with Gasteiger partial charge in [-0.3, -0.25) is 14.8 Å². The van der Waals surface area contributed by atoms with Crippen molar-refractivity contribution < 1.29 is 4.79 Å². The van der Waals surface area contributed by atoms with Crippen molar-refractivity contribution in [1.29, 1.82) is 0 Å². The molecule has 0 spiro atoms. The number of hydrogen-bond acceptors (Lipinski definition) is 4. The Kier molecular flexibility index (Phi) is 5.95.